The Hall–Kier alpha value is 0.560. The quantitative estimate of drug-likeness (QED) is 0.683. The summed E-state index contributed by atoms with van der Waals surface area (Å²) in [6.07, 6.45) is 0. The van der Waals surface area contributed by atoms with Crippen molar-refractivity contribution in [3.63, 3.8) is 0 Å². The zero-order valence-electron chi connectivity index (χ0n) is 8.07. The molecule has 0 saturated carbocycles. The van der Waals surface area contributed by atoms with Crippen LogP contribution in [0.1, 0.15) is 5.56 Å². The van der Waals surface area contributed by atoms with Crippen LogP contribution >= 0.6 is 55.1 Å². The topological polar surface area (TPSA) is 9.23 Å². The predicted molar refractivity (Wildman–Crippen MR) is 73.2 cm³/mol. The molecule has 0 aromatic heterocycles. The van der Waals surface area contributed by atoms with Gasteiger partial charge in [-0.25, -0.2) is 0 Å². The molecule has 5 heteroatoms. The molecule has 0 spiro atoms. The van der Waals surface area contributed by atoms with Gasteiger partial charge < -0.3 is 4.74 Å². The van der Waals surface area contributed by atoms with Gasteiger partial charge in [0.15, 0.2) is 5.75 Å². The van der Waals surface area contributed by atoms with E-state index in [2.05, 4.69) is 31.9 Å². The fourth-order valence-corrected chi connectivity index (χ4v) is 2.07. The summed E-state index contributed by atoms with van der Waals surface area (Å²) in [5, 5.41) is 1.91. The summed E-state index contributed by atoms with van der Waals surface area (Å²) in [7, 11) is 0. The molecule has 1 unspecified atom stereocenters. The Labute approximate surface area is 116 Å². The van der Waals surface area contributed by atoms with Gasteiger partial charge in [0.25, 0.3) is 0 Å². The van der Waals surface area contributed by atoms with E-state index in [1.165, 1.54) is 0 Å². The maximum Gasteiger partial charge on any atom is 0.156 e. The molecule has 1 aromatic rings. The number of hydrogen-bond donors (Lipinski definition) is 0. The molecule has 15 heavy (non-hydrogen) atoms. The van der Waals surface area contributed by atoms with Crippen molar-refractivity contribution in [1.29, 1.82) is 0 Å². The molecule has 84 valence electrons. The van der Waals surface area contributed by atoms with E-state index in [4.69, 9.17) is 27.9 Å². The van der Waals surface area contributed by atoms with E-state index in [0.29, 0.717) is 22.4 Å². The highest BCUT2D eigenvalue weighted by molar-refractivity contribution is 9.12. The van der Waals surface area contributed by atoms with Crippen LogP contribution in [-0.2, 0) is 0 Å². The summed E-state index contributed by atoms with van der Waals surface area (Å²) in [5.74, 6) is 0.550. The number of alkyl halides is 2. The van der Waals surface area contributed by atoms with Gasteiger partial charge in [-0.05, 0) is 24.6 Å². The van der Waals surface area contributed by atoms with E-state index < -0.39 is 0 Å². The molecular formula is C10H10Br2Cl2O. The van der Waals surface area contributed by atoms with E-state index in [9.17, 15) is 0 Å². The number of halogens is 4. The minimum absolute atomic E-state index is 0.242. The monoisotopic (exact) mass is 374 g/mol. The van der Waals surface area contributed by atoms with Gasteiger partial charge in [0, 0.05) is 5.33 Å². The molecule has 1 atom stereocenters. The van der Waals surface area contributed by atoms with Gasteiger partial charge in [-0.15, -0.1) is 0 Å². The summed E-state index contributed by atoms with van der Waals surface area (Å²) in [5.41, 5.74) is 1.02. The largest absolute Gasteiger partial charge is 0.489 e. The van der Waals surface area contributed by atoms with Gasteiger partial charge >= 0.3 is 0 Å². The van der Waals surface area contributed by atoms with Crippen LogP contribution in [0.4, 0.5) is 0 Å². The first-order chi connectivity index (χ1) is 7.04. The summed E-state index contributed by atoms with van der Waals surface area (Å²) < 4.78 is 5.53. The Morgan fingerprint density at radius 1 is 1.33 bits per heavy atom. The van der Waals surface area contributed by atoms with Gasteiger partial charge in [-0.2, -0.15) is 0 Å². The second-order valence-electron chi connectivity index (χ2n) is 3.12. The zero-order valence-corrected chi connectivity index (χ0v) is 12.8. The second-order valence-corrected chi connectivity index (χ2v) is 5.88. The molecule has 0 aliphatic carbocycles. The van der Waals surface area contributed by atoms with Gasteiger partial charge in [0.05, 0.1) is 14.9 Å². The van der Waals surface area contributed by atoms with Gasteiger partial charge in [-0.3, -0.25) is 0 Å². The van der Waals surface area contributed by atoms with Crippen LogP contribution in [0.5, 0.6) is 5.75 Å². The smallest absolute Gasteiger partial charge is 0.156 e. The molecule has 0 heterocycles. The molecule has 0 radical (unpaired) electrons. The molecule has 1 aromatic carbocycles. The van der Waals surface area contributed by atoms with E-state index in [1.807, 2.05) is 19.1 Å². The lowest BCUT2D eigenvalue weighted by Crippen LogP contribution is -2.12. The third-order valence-corrected chi connectivity index (χ3v) is 4.52. The molecule has 1 nitrogen and oxygen atoms in total. The van der Waals surface area contributed by atoms with Crippen molar-refractivity contribution in [2.45, 2.75) is 11.8 Å². The third-order valence-electron chi connectivity index (χ3n) is 1.72. The minimum Gasteiger partial charge on any atom is -0.489 e. The van der Waals surface area contributed by atoms with Crippen molar-refractivity contribution in [2.75, 3.05) is 11.9 Å². The first-order valence-electron chi connectivity index (χ1n) is 4.33. The van der Waals surface area contributed by atoms with E-state index in [0.717, 1.165) is 10.9 Å². The van der Waals surface area contributed by atoms with Crippen LogP contribution < -0.4 is 4.74 Å². The summed E-state index contributed by atoms with van der Waals surface area (Å²) in [6, 6.07) is 3.67. The van der Waals surface area contributed by atoms with Crippen molar-refractivity contribution >= 4 is 55.1 Å². The number of rotatable bonds is 4. The van der Waals surface area contributed by atoms with Crippen LogP contribution in [0, 0.1) is 6.92 Å². The van der Waals surface area contributed by atoms with Crippen LogP contribution in [0.15, 0.2) is 12.1 Å². The van der Waals surface area contributed by atoms with E-state index in [-0.39, 0.29) is 4.83 Å². The molecule has 0 saturated heterocycles. The van der Waals surface area contributed by atoms with Crippen molar-refractivity contribution in [1.82, 2.24) is 0 Å². The Morgan fingerprint density at radius 2 is 1.87 bits per heavy atom. The van der Waals surface area contributed by atoms with Crippen molar-refractivity contribution < 1.29 is 4.74 Å². The molecule has 0 aliphatic rings. The van der Waals surface area contributed by atoms with Crippen LogP contribution in [0.2, 0.25) is 10.0 Å². The number of hydrogen-bond acceptors (Lipinski definition) is 1. The molecule has 0 amide bonds. The lowest BCUT2D eigenvalue weighted by atomic mass is 10.2. The highest BCUT2D eigenvalue weighted by atomic mass is 79.9. The summed E-state index contributed by atoms with van der Waals surface area (Å²) in [4.78, 5) is 0.242. The Kier molecular flexibility index (Phi) is 5.75. The van der Waals surface area contributed by atoms with Crippen LogP contribution in [0.25, 0.3) is 0 Å². The van der Waals surface area contributed by atoms with Crippen LogP contribution in [-0.4, -0.2) is 16.8 Å². The van der Waals surface area contributed by atoms with Crippen LogP contribution in [0.3, 0.4) is 0 Å². The maximum absolute atomic E-state index is 6.02. The first kappa shape index (κ1) is 13.6. The minimum atomic E-state index is 0.242. The van der Waals surface area contributed by atoms with E-state index >= 15 is 0 Å². The Bertz CT molecular complexity index is 321. The molecule has 0 fully saturated rings. The maximum atomic E-state index is 6.02. The average Bonchev–Trinajstić information content (AvgIpc) is 2.15. The second kappa shape index (κ2) is 6.33. The summed E-state index contributed by atoms with van der Waals surface area (Å²) in [6.45, 7) is 2.46. The summed E-state index contributed by atoms with van der Waals surface area (Å²) >= 11 is 18.8. The highest BCUT2D eigenvalue weighted by Gasteiger charge is 2.10. The van der Waals surface area contributed by atoms with E-state index in [1.54, 1.807) is 0 Å². The number of ether oxygens (including phenoxy) is 1. The molecular weight excluding hydrogens is 367 g/mol. The lowest BCUT2D eigenvalue weighted by molar-refractivity contribution is 0.326. The fraction of sp³-hybridized carbons (Fsp3) is 0.400. The normalized spacial score (nSPS) is 12.6. The van der Waals surface area contributed by atoms with Crippen molar-refractivity contribution in [2.24, 2.45) is 0 Å². The Balaban J connectivity index is 2.77. The number of aryl methyl sites for hydroxylation is 1. The molecule has 0 N–H and O–H groups in total. The zero-order chi connectivity index (χ0) is 11.4. The van der Waals surface area contributed by atoms with Gasteiger partial charge in [0.2, 0.25) is 0 Å². The third kappa shape index (κ3) is 4.14. The number of benzene rings is 1. The molecule has 1 rings (SSSR count). The highest BCUT2D eigenvalue weighted by Crippen LogP contribution is 2.34. The van der Waals surface area contributed by atoms with Gasteiger partial charge in [0.1, 0.15) is 6.61 Å². The van der Waals surface area contributed by atoms with Crippen molar-refractivity contribution in [3.8, 4) is 5.75 Å². The molecule has 0 aliphatic heterocycles. The van der Waals surface area contributed by atoms with Crippen molar-refractivity contribution in [3.05, 3.63) is 27.7 Å². The first-order valence-corrected chi connectivity index (χ1v) is 7.12. The Morgan fingerprint density at radius 3 is 2.33 bits per heavy atom. The molecule has 0 bridgehead atoms. The predicted octanol–water partition coefficient (Wildman–Crippen LogP) is 4.84. The average molecular weight is 377 g/mol. The standard InChI is InChI=1S/C10H10Br2Cl2O/c1-6-2-8(13)10(9(14)3-6)15-5-7(12)4-11/h2-3,7H,4-5H2,1H3. The fourth-order valence-electron chi connectivity index (χ4n) is 1.04. The lowest BCUT2D eigenvalue weighted by Gasteiger charge is -2.12. The van der Waals surface area contributed by atoms with Gasteiger partial charge in [-0.1, -0.05) is 55.1 Å². The SMILES string of the molecule is Cc1cc(Cl)c(OCC(Br)CBr)c(Cl)c1.